The third-order valence-corrected chi connectivity index (χ3v) is 19.7. The van der Waals surface area contributed by atoms with E-state index in [-0.39, 0.29) is 32.0 Å². The van der Waals surface area contributed by atoms with E-state index in [9.17, 15) is 19.0 Å². The minimum atomic E-state index is -4.66. The first-order valence-electron chi connectivity index (χ1n) is 43.8. The summed E-state index contributed by atoms with van der Waals surface area (Å²) < 4.78 is 34.5. The lowest BCUT2D eigenvalue weighted by atomic mass is 10.0. The highest BCUT2D eigenvalue weighted by Gasteiger charge is 2.22. The van der Waals surface area contributed by atoms with E-state index in [2.05, 4.69) is 184 Å². The molecule has 0 aliphatic carbocycles. The summed E-state index contributed by atoms with van der Waals surface area (Å²) in [6.45, 7) is 4.04. The van der Waals surface area contributed by atoms with Gasteiger partial charge in [0, 0.05) is 12.8 Å². The van der Waals surface area contributed by atoms with Gasteiger partial charge in [0.1, 0.15) is 19.8 Å². The van der Waals surface area contributed by atoms with Crippen molar-refractivity contribution in [2.45, 2.75) is 380 Å². The fraction of sp³-hybridized carbons (Fsp3) is 0.688. The highest BCUT2D eigenvalue weighted by molar-refractivity contribution is 7.45. The lowest BCUT2D eigenvalue weighted by Gasteiger charge is -2.28. The van der Waals surface area contributed by atoms with Crippen LogP contribution in [0.4, 0.5) is 0 Å². The monoisotopic (exact) mass is 1490 g/mol. The predicted octanol–water partition coefficient (Wildman–Crippen LogP) is 29.3. The number of phosphoric ester groups is 1. The molecular formula is C96H164NO8P. The van der Waals surface area contributed by atoms with Gasteiger partial charge in [-0.3, -0.25) is 14.2 Å². The van der Waals surface area contributed by atoms with Gasteiger partial charge < -0.3 is 27.9 Å². The van der Waals surface area contributed by atoms with E-state index < -0.39 is 26.5 Å². The fourth-order valence-corrected chi connectivity index (χ4v) is 12.9. The number of rotatable bonds is 80. The summed E-state index contributed by atoms with van der Waals surface area (Å²) in [4.78, 5) is 38.3. The summed E-state index contributed by atoms with van der Waals surface area (Å²) in [5.74, 6) is -0.826. The molecule has 0 saturated carbocycles. The van der Waals surface area contributed by atoms with Crippen LogP contribution in [0.25, 0.3) is 0 Å². The Hall–Kier alpha value is -4.63. The second-order valence-corrected chi connectivity index (χ2v) is 31.6. The smallest absolute Gasteiger partial charge is 0.306 e. The van der Waals surface area contributed by atoms with Gasteiger partial charge in [-0.25, -0.2) is 0 Å². The molecular weight excluding hydrogens is 1330 g/mol. The molecule has 0 spiro atoms. The average molecular weight is 1490 g/mol. The van der Waals surface area contributed by atoms with Crippen LogP contribution >= 0.6 is 7.82 Å². The molecule has 0 fully saturated rings. The third-order valence-electron chi connectivity index (χ3n) is 18.7. The molecule has 0 aromatic heterocycles. The van der Waals surface area contributed by atoms with Crippen molar-refractivity contribution < 1.29 is 42.1 Å². The van der Waals surface area contributed by atoms with Crippen LogP contribution in [0.1, 0.15) is 373 Å². The molecule has 9 nitrogen and oxygen atoms in total. The number of carbonyl (C=O) groups excluding carboxylic acids is 2. The highest BCUT2D eigenvalue weighted by Crippen LogP contribution is 2.38. The molecule has 0 bridgehead atoms. The van der Waals surface area contributed by atoms with Crippen LogP contribution in [0, 0.1) is 0 Å². The highest BCUT2D eigenvalue weighted by atomic mass is 31.2. The van der Waals surface area contributed by atoms with Gasteiger partial charge in [-0.2, -0.15) is 0 Å². The summed E-state index contributed by atoms with van der Waals surface area (Å²) in [7, 11) is 1.17. The van der Waals surface area contributed by atoms with Crippen LogP contribution in [0.5, 0.6) is 0 Å². The first-order valence-corrected chi connectivity index (χ1v) is 45.3. The number of esters is 2. The van der Waals surface area contributed by atoms with E-state index in [0.29, 0.717) is 17.4 Å². The van der Waals surface area contributed by atoms with Crippen LogP contribution in [0.2, 0.25) is 0 Å². The van der Waals surface area contributed by atoms with Crippen LogP contribution in [-0.2, 0) is 32.7 Å². The SMILES string of the molecule is CC/C=C\C/C=C\C/C=C\C/C=C\C/C=C\C/C=C\C/C=C\C/C=C\C/C=C\CCCCCCCCCCCCCCCC(=O)OC(COC(=O)CCCCCCCCCCCCCCCCCCCCCCCCCCC/C=C\C/C=C\C/C=C\C/C=C\C/C=C\CC)COP(=O)([O-])OCC[N+](C)(C)C. The van der Waals surface area contributed by atoms with E-state index >= 15 is 0 Å². The number of quaternary nitrogens is 1. The lowest BCUT2D eigenvalue weighted by molar-refractivity contribution is -0.870. The van der Waals surface area contributed by atoms with Crippen molar-refractivity contribution in [3.8, 4) is 0 Å². The van der Waals surface area contributed by atoms with Gasteiger partial charge in [0.15, 0.2) is 6.10 Å². The Labute approximate surface area is 655 Å². The number of hydrogen-bond donors (Lipinski definition) is 0. The molecule has 10 heteroatoms. The Morgan fingerprint density at radius 1 is 0.292 bits per heavy atom. The van der Waals surface area contributed by atoms with Crippen LogP contribution in [-0.4, -0.2) is 70.0 Å². The van der Waals surface area contributed by atoms with Crippen molar-refractivity contribution in [2.75, 3.05) is 47.5 Å². The first kappa shape index (κ1) is 101. The van der Waals surface area contributed by atoms with Gasteiger partial charge in [0.2, 0.25) is 0 Å². The maximum Gasteiger partial charge on any atom is 0.306 e. The molecule has 0 aromatic rings. The number of carbonyl (C=O) groups is 2. The molecule has 0 saturated heterocycles. The summed E-state index contributed by atoms with van der Waals surface area (Å²) >= 11 is 0. The lowest BCUT2D eigenvalue weighted by Crippen LogP contribution is -2.37. The maximum absolute atomic E-state index is 12.9. The number of allylic oxidation sites excluding steroid dienone is 28. The van der Waals surface area contributed by atoms with Crippen molar-refractivity contribution in [1.82, 2.24) is 0 Å². The van der Waals surface area contributed by atoms with Crippen molar-refractivity contribution in [1.29, 1.82) is 0 Å². The van der Waals surface area contributed by atoms with E-state index in [1.54, 1.807) is 0 Å². The van der Waals surface area contributed by atoms with Crippen molar-refractivity contribution in [3.63, 3.8) is 0 Å². The zero-order valence-corrected chi connectivity index (χ0v) is 70.2. The molecule has 606 valence electrons. The number of phosphoric acid groups is 1. The molecule has 0 rings (SSSR count). The largest absolute Gasteiger partial charge is 0.756 e. The van der Waals surface area contributed by atoms with E-state index in [4.69, 9.17) is 18.5 Å². The van der Waals surface area contributed by atoms with Crippen LogP contribution in [0.15, 0.2) is 170 Å². The molecule has 0 radical (unpaired) electrons. The maximum atomic E-state index is 12.9. The van der Waals surface area contributed by atoms with Gasteiger partial charge in [-0.05, 0) is 128 Å². The molecule has 2 unspecified atom stereocenters. The third kappa shape index (κ3) is 88.3. The topological polar surface area (TPSA) is 111 Å². The molecule has 0 amide bonds. The normalized spacial score (nSPS) is 13.8. The minimum Gasteiger partial charge on any atom is -0.756 e. The summed E-state index contributed by atoms with van der Waals surface area (Å²) in [6, 6.07) is 0. The zero-order valence-electron chi connectivity index (χ0n) is 69.3. The predicted molar refractivity (Wildman–Crippen MR) is 461 cm³/mol. The number of unbranched alkanes of at least 4 members (excludes halogenated alkanes) is 38. The van der Waals surface area contributed by atoms with Crippen molar-refractivity contribution in [2.24, 2.45) is 0 Å². The molecule has 0 aliphatic rings. The number of likely N-dealkylation sites (N-methyl/N-ethyl adjacent to an activating group) is 1. The first-order chi connectivity index (χ1) is 52.0. The number of hydrogen-bond acceptors (Lipinski definition) is 8. The summed E-state index contributed by atoms with van der Waals surface area (Å²) in [6.07, 6.45) is 128. The Morgan fingerprint density at radius 3 is 0.755 bits per heavy atom. The van der Waals surface area contributed by atoms with Gasteiger partial charge in [0.05, 0.1) is 27.7 Å². The molecule has 106 heavy (non-hydrogen) atoms. The summed E-state index contributed by atoms with van der Waals surface area (Å²) in [5.41, 5.74) is 0. The molecule has 2 atom stereocenters. The standard InChI is InChI=1S/C96H164NO8P/c1-6-8-10-12-14-16-18-20-22-24-26-28-30-32-34-36-38-40-42-44-46-48-50-52-54-56-58-60-62-64-66-68-70-72-74-76-78-80-82-84-86-88-95(98)102-92-94(93-104-106(100,101)103-91-90-97(3,4)5)105-96(99)89-87-85-83-81-79-77-75-73-71-69-67-65-63-61-59-57-55-53-51-49-47-45-43-41-39-37-35-33-31-29-27-25-23-21-19-17-15-13-11-9-7-2/h8-11,14-17,20-23,26-29,32-35,39,41,45,47,51,53,57,59,94H,6-7,12-13,18-19,24-25,30-31,36-38,40,42-44,46,48-50,52,54-56,58,60-93H2,1-5H3/b10-8-,11-9-,16-14-,17-15-,22-20-,23-21-,28-26-,29-27-,34-32-,35-33-,41-39-,47-45-,53-51-,59-57-. The minimum absolute atomic E-state index is 0.0350. The molecule has 0 N–H and O–H groups in total. The van der Waals surface area contributed by atoms with Crippen molar-refractivity contribution in [3.05, 3.63) is 170 Å². The number of nitrogens with zero attached hydrogens (tertiary/aromatic N) is 1. The van der Waals surface area contributed by atoms with Crippen LogP contribution < -0.4 is 4.89 Å². The van der Waals surface area contributed by atoms with Gasteiger partial charge >= 0.3 is 11.9 Å². The van der Waals surface area contributed by atoms with E-state index in [1.165, 1.54) is 212 Å². The zero-order chi connectivity index (χ0) is 76.8. The van der Waals surface area contributed by atoms with Crippen LogP contribution in [0.3, 0.4) is 0 Å². The fourth-order valence-electron chi connectivity index (χ4n) is 12.2. The van der Waals surface area contributed by atoms with E-state index in [1.807, 2.05) is 21.1 Å². The van der Waals surface area contributed by atoms with Crippen molar-refractivity contribution >= 4 is 19.8 Å². The Bertz CT molecular complexity index is 2410. The average Bonchev–Trinajstić information content (AvgIpc) is 0.908. The Morgan fingerprint density at radius 2 is 0.509 bits per heavy atom. The Kier molecular flexibility index (Phi) is 80.7. The second kappa shape index (κ2) is 84.4. The van der Waals surface area contributed by atoms with Gasteiger partial charge in [0.25, 0.3) is 7.82 Å². The van der Waals surface area contributed by atoms with Gasteiger partial charge in [-0.1, -0.05) is 402 Å². The second-order valence-electron chi connectivity index (χ2n) is 30.1. The van der Waals surface area contributed by atoms with E-state index in [0.717, 1.165) is 128 Å². The molecule has 0 aromatic carbocycles. The molecule has 0 heterocycles. The molecule has 0 aliphatic heterocycles. The summed E-state index contributed by atoms with van der Waals surface area (Å²) in [5, 5.41) is 0. The number of ether oxygens (including phenoxy) is 2. The quantitative estimate of drug-likeness (QED) is 0.0195. The Balaban J connectivity index is 3.94. The van der Waals surface area contributed by atoms with Gasteiger partial charge in [-0.15, -0.1) is 0 Å².